The molecule has 0 aliphatic carbocycles. The lowest BCUT2D eigenvalue weighted by molar-refractivity contribution is -0.135. The van der Waals surface area contributed by atoms with Gasteiger partial charge in [-0.3, -0.25) is 9.59 Å². The van der Waals surface area contributed by atoms with Crippen LogP contribution in [-0.2, 0) is 9.59 Å². The van der Waals surface area contributed by atoms with Gasteiger partial charge in [-0.25, -0.2) is 4.98 Å². The maximum absolute atomic E-state index is 12.9. The zero-order valence-electron chi connectivity index (χ0n) is 19.5. The first kappa shape index (κ1) is 23.8. The van der Waals surface area contributed by atoms with Crippen molar-refractivity contribution in [2.75, 3.05) is 32.1 Å². The van der Waals surface area contributed by atoms with E-state index in [9.17, 15) is 9.59 Å². The standard InChI is InChI=1S/C26H29N3O4S/c1-18-10-11-23(32-2)21(15-18)22-17-34-26(27-22)28-25(31)19-7-6-13-29(16-19)24(30)12-14-33-20-8-4-3-5-9-20/h3-5,8-11,15,17,19H,6-7,12-14,16H2,1-2H3,(H,27,28,31). The minimum Gasteiger partial charge on any atom is -0.496 e. The van der Waals surface area contributed by atoms with Crippen LogP contribution in [0.5, 0.6) is 11.5 Å². The Morgan fingerprint density at radius 3 is 2.82 bits per heavy atom. The normalized spacial score (nSPS) is 15.6. The number of aromatic nitrogens is 1. The molecule has 1 saturated heterocycles. The second kappa shape index (κ2) is 11.2. The van der Waals surface area contributed by atoms with E-state index in [1.165, 1.54) is 11.3 Å². The number of amides is 2. The van der Waals surface area contributed by atoms with Crippen molar-refractivity contribution in [2.24, 2.45) is 5.92 Å². The van der Waals surface area contributed by atoms with E-state index in [0.717, 1.165) is 41.2 Å². The lowest BCUT2D eigenvalue weighted by Gasteiger charge is -2.32. The van der Waals surface area contributed by atoms with Gasteiger partial charge in [0, 0.05) is 24.0 Å². The number of likely N-dealkylation sites (tertiary alicyclic amines) is 1. The van der Waals surface area contributed by atoms with E-state index in [1.54, 1.807) is 12.0 Å². The minimum absolute atomic E-state index is 0.0107. The van der Waals surface area contributed by atoms with Crippen molar-refractivity contribution in [1.82, 2.24) is 9.88 Å². The molecular formula is C26H29N3O4S. The van der Waals surface area contributed by atoms with Crippen LogP contribution >= 0.6 is 11.3 Å². The molecule has 8 heteroatoms. The minimum atomic E-state index is -0.256. The quantitative estimate of drug-likeness (QED) is 0.503. The third-order valence-corrected chi connectivity index (χ3v) is 6.60. The number of aryl methyl sites for hydroxylation is 1. The lowest BCUT2D eigenvalue weighted by atomic mass is 9.97. The number of thiazole rings is 1. The Morgan fingerprint density at radius 1 is 1.21 bits per heavy atom. The summed E-state index contributed by atoms with van der Waals surface area (Å²) >= 11 is 1.38. The summed E-state index contributed by atoms with van der Waals surface area (Å²) in [6, 6.07) is 15.4. The molecule has 1 aromatic heterocycles. The summed E-state index contributed by atoms with van der Waals surface area (Å²) in [7, 11) is 1.63. The van der Waals surface area contributed by atoms with E-state index in [4.69, 9.17) is 9.47 Å². The summed E-state index contributed by atoms with van der Waals surface area (Å²) in [5.41, 5.74) is 2.77. The lowest BCUT2D eigenvalue weighted by Crippen LogP contribution is -2.44. The summed E-state index contributed by atoms with van der Waals surface area (Å²) in [4.78, 5) is 31.9. The fraction of sp³-hybridized carbons (Fsp3) is 0.346. The number of anilines is 1. The predicted octanol–water partition coefficient (Wildman–Crippen LogP) is 4.77. The molecule has 178 valence electrons. The van der Waals surface area contributed by atoms with Crippen molar-refractivity contribution >= 4 is 28.3 Å². The average molecular weight is 480 g/mol. The van der Waals surface area contributed by atoms with E-state index in [0.29, 0.717) is 24.8 Å². The van der Waals surface area contributed by atoms with Crippen molar-refractivity contribution in [2.45, 2.75) is 26.2 Å². The van der Waals surface area contributed by atoms with Gasteiger partial charge >= 0.3 is 0 Å². The molecule has 34 heavy (non-hydrogen) atoms. The van der Waals surface area contributed by atoms with Gasteiger partial charge in [-0.1, -0.05) is 29.8 Å². The number of hydrogen-bond acceptors (Lipinski definition) is 6. The van der Waals surface area contributed by atoms with E-state index in [2.05, 4.69) is 10.3 Å². The predicted molar refractivity (Wildman–Crippen MR) is 133 cm³/mol. The summed E-state index contributed by atoms with van der Waals surface area (Å²) in [5.74, 6) is 1.14. The highest BCUT2D eigenvalue weighted by Crippen LogP contribution is 2.33. The van der Waals surface area contributed by atoms with Gasteiger partial charge in [-0.2, -0.15) is 0 Å². The molecule has 1 N–H and O–H groups in total. The smallest absolute Gasteiger partial charge is 0.231 e. The SMILES string of the molecule is COc1ccc(C)cc1-c1csc(NC(=O)C2CCCN(C(=O)CCOc3ccccc3)C2)n1. The van der Waals surface area contributed by atoms with Gasteiger partial charge in [-0.05, 0) is 44.0 Å². The molecule has 0 radical (unpaired) electrons. The van der Waals surface area contributed by atoms with Gasteiger partial charge in [0.2, 0.25) is 11.8 Å². The summed E-state index contributed by atoms with van der Waals surface area (Å²) in [6.45, 7) is 3.42. The number of nitrogens with one attached hydrogen (secondary N) is 1. The zero-order chi connectivity index (χ0) is 23.9. The Hall–Kier alpha value is -3.39. The van der Waals surface area contributed by atoms with Gasteiger partial charge in [0.15, 0.2) is 5.13 Å². The fourth-order valence-corrected chi connectivity index (χ4v) is 4.75. The Balaban J connectivity index is 1.31. The highest BCUT2D eigenvalue weighted by molar-refractivity contribution is 7.14. The maximum atomic E-state index is 12.9. The van der Waals surface area contributed by atoms with Gasteiger partial charge in [0.05, 0.1) is 31.7 Å². The number of rotatable bonds is 8. The first-order chi connectivity index (χ1) is 16.5. The molecule has 7 nitrogen and oxygen atoms in total. The molecule has 4 rings (SSSR count). The van der Waals surface area contributed by atoms with Crippen LogP contribution in [0, 0.1) is 12.8 Å². The number of benzene rings is 2. The van der Waals surface area contributed by atoms with Crippen molar-refractivity contribution in [3.8, 4) is 22.8 Å². The first-order valence-corrected chi connectivity index (χ1v) is 12.3. The molecule has 0 saturated carbocycles. The Morgan fingerprint density at radius 2 is 2.03 bits per heavy atom. The summed E-state index contributed by atoms with van der Waals surface area (Å²) < 4.78 is 11.1. The highest BCUT2D eigenvalue weighted by atomic mass is 32.1. The highest BCUT2D eigenvalue weighted by Gasteiger charge is 2.29. The van der Waals surface area contributed by atoms with Gasteiger partial charge in [0.25, 0.3) is 0 Å². The van der Waals surface area contributed by atoms with Crippen LogP contribution in [0.15, 0.2) is 53.9 Å². The molecular weight excluding hydrogens is 450 g/mol. The van der Waals surface area contributed by atoms with Crippen molar-refractivity contribution in [3.63, 3.8) is 0 Å². The van der Waals surface area contributed by atoms with Crippen molar-refractivity contribution in [3.05, 3.63) is 59.5 Å². The number of ether oxygens (including phenoxy) is 2. The molecule has 2 amide bonds. The topological polar surface area (TPSA) is 80.8 Å². The van der Waals surface area contributed by atoms with E-state index >= 15 is 0 Å². The van der Waals surface area contributed by atoms with Crippen LogP contribution in [0.2, 0.25) is 0 Å². The fourth-order valence-electron chi connectivity index (χ4n) is 4.03. The molecule has 0 bridgehead atoms. The zero-order valence-corrected chi connectivity index (χ0v) is 20.3. The average Bonchev–Trinajstić information content (AvgIpc) is 3.33. The number of nitrogens with zero attached hydrogens (tertiary/aromatic N) is 2. The Bertz CT molecular complexity index is 1130. The summed E-state index contributed by atoms with van der Waals surface area (Å²) in [6.07, 6.45) is 1.84. The number of piperidine rings is 1. The Labute approximate surface area is 203 Å². The van der Waals surface area contributed by atoms with Crippen LogP contribution in [-0.4, -0.2) is 48.5 Å². The summed E-state index contributed by atoms with van der Waals surface area (Å²) in [5, 5.41) is 5.40. The van der Waals surface area contributed by atoms with E-state index in [1.807, 2.05) is 60.8 Å². The molecule has 0 spiro atoms. The molecule has 1 unspecified atom stereocenters. The molecule has 1 fully saturated rings. The number of carbonyl (C=O) groups excluding carboxylic acids is 2. The number of methoxy groups -OCH3 is 1. The molecule has 2 heterocycles. The number of carbonyl (C=O) groups is 2. The van der Waals surface area contributed by atoms with Crippen LogP contribution in [0.3, 0.4) is 0 Å². The number of hydrogen-bond donors (Lipinski definition) is 1. The first-order valence-electron chi connectivity index (χ1n) is 11.4. The van der Waals surface area contributed by atoms with E-state index in [-0.39, 0.29) is 24.2 Å². The van der Waals surface area contributed by atoms with Gasteiger partial charge in [-0.15, -0.1) is 11.3 Å². The third kappa shape index (κ3) is 5.94. The molecule has 2 aromatic carbocycles. The van der Waals surface area contributed by atoms with Gasteiger partial charge < -0.3 is 19.7 Å². The van der Waals surface area contributed by atoms with Crippen LogP contribution < -0.4 is 14.8 Å². The van der Waals surface area contributed by atoms with Crippen molar-refractivity contribution < 1.29 is 19.1 Å². The molecule has 3 aromatic rings. The third-order valence-electron chi connectivity index (χ3n) is 5.84. The Kier molecular flexibility index (Phi) is 7.80. The van der Waals surface area contributed by atoms with Crippen molar-refractivity contribution in [1.29, 1.82) is 0 Å². The second-order valence-electron chi connectivity index (χ2n) is 8.32. The molecule has 1 aliphatic rings. The maximum Gasteiger partial charge on any atom is 0.231 e. The number of para-hydroxylation sites is 1. The van der Waals surface area contributed by atoms with Crippen LogP contribution in [0.1, 0.15) is 24.8 Å². The molecule has 1 atom stereocenters. The van der Waals surface area contributed by atoms with E-state index < -0.39 is 0 Å². The van der Waals surface area contributed by atoms with Crippen LogP contribution in [0.4, 0.5) is 5.13 Å². The molecule has 1 aliphatic heterocycles. The second-order valence-corrected chi connectivity index (χ2v) is 9.18. The monoisotopic (exact) mass is 479 g/mol. The van der Waals surface area contributed by atoms with Crippen LogP contribution in [0.25, 0.3) is 11.3 Å². The largest absolute Gasteiger partial charge is 0.496 e. The van der Waals surface area contributed by atoms with Gasteiger partial charge in [0.1, 0.15) is 11.5 Å².